The number of rotatable bonds is 7. The summed E-state index contributed by atoms with van der Waals surface area (Å²) in [6.45, 7) is 1.95. The van der Waals surface area contributed by atoms with E-state index in [9.17, 15) is 13.2 Å². The Bertz CT molecular complexity index is 1110. The first-order valence-corrected chi connectivity index (χ1v) is 10.9. The molecule has 0 aliphatic carbocycles. The van der Waals surface area contributed by atoms with Gasteiger partial charge >= 0.3 is 0 Å². The molecular formula is C19H20N2O5S2. The van der Waals surface area contributed by atoms with Crippen LogP contribution in [0, 0.1) is 6.92 Å². The van der Waals surface area contributed by atoms with Gasteiger partial charge in [-0.3, -0.25) is 4.79 Å². The maximum Gasteiger partial charge on any atom is 0.227 e. The Morgan fingerprint density at radius 1 is 1.11 bits per heavy atom. The number of hydrogen-bond donors (Lipinski definition) is 1. The largest absolute Gasteiger partial charge is 0.497 e. The molecule has 0 unspecified atom stereocenters. The van der Waals surface area contributed by atoms with Crippen LogP contribution in [-0.2, 0) is 14.6 Å². The van der Waals surface area contributed by atoms with Crippen molar-refractivity contribution in [2.45, 2.75) is 18.2 Å². The average Bonchev–Trinajstić information content (AvgIpc) is 3.11. The fourth-order valence-corrected chi connectivity index (χ4v) is 4.85. The van der Waals surface area contributed by atoms with Crippen molar-refractivity contribution >= 4 is 42.4 Å². The number of nitrogens with one attached hydrogen (secondary N) is 1. The lowest BCUT2D eigenvalue weighted by Gasteiger charge is -2.06. The highest BCUT2D eigenvalue weighted by Gasteiger charge is 2.18. The molecule has 1 heterocycles. The second-order valence-electron chi connectivity index (χ2n) is 6.07. The predicted molar refractivity (Wildman–Crippen MR) is 109 cm³/mol. The molecule has 1 amide bonds. The molecule has 0 radical (unpaired) electrons. The number of carbonyl (C=O) groups is 1. The molecule has 2 aromatic carbocycles. The quantitative estimate of drug-likeness (QED) is 0.629. The van der Waals surface area contributed by atoms with E-state index in [4.69, 9.17) is 9.47 Å². The van der Waals surface area contributed by atoms with E-state index in [2.05, 4.69) is 10.3 Å². The van der Waals surface area contributed by atoms with Crippen molar-refractivity contribution in [3.8, 4) is 11.5 Å². The molecule has 0 atom stereocenters. The van der Waals surface area contributed by atoms with Crippen LogP contribution in [0.25, 0.3) is 10.2 Å². The number of benzene rings is 2. The third kappa shape index (κ3) is 4.26. The van der Waals surface area contributed by atoms with E-state index in [-0.39, 0.29) is 17.1 Å². The number of thiazole rings is 1. The van der Waals surface area contributed by atoms with Crippen LogP contribution in [0.2, 0.25) is 0 Å². The molecule has 0 fully saturated rings. The third-order valence-electron chi connectivity index (χ3n) is 4.19. The number of anilines is 1. The van der Waals surface area contributed by atoms with E-state index in [1.807, 2.05) is 19.1 Å². The molecule has 0 aliphatic heterocycles. The van der Waals surface area contributed by atoms with E-state index in [0.717, 1.165) is 10.3 Å². The Morgan fingerprint density at radius 2 is 1.82 bits per heavy atom. The number of amides is 1. The minimum atomic E-state index is -3.57. The Morgan fingerprint density at radius 3 is 2.46 bits per heavy atom. The Balaban J connectivity index is 1.68. The minimum Gasteiger partial charge on any atom is -0.497 e. The van der Waals surface area contributed by atoms with Gasteiger partial charge in [-0.15, -0.1) is 0 Å². The molecule has 1 N–H and O–H groups in total. The van der Waals surface area contributed by atoms with Crippen molar-refractivity contribution in [3.05, 3.63) is 42.0 Å². The topological polar surface area (TPSA) is 94.6 Å². The standard InChI is InChI=1S/C19H20N2O5S2/c1-12-4-9-15(26-3)17-18(12)27-19(21-17)20-16(22)10-11-28(23,24)14-7-5-13(25-2)6-8-14/h4-9H,10-11H2,1-3H3,(H,20,21,22). The van der Waals surface area contributed by atoms with Crippen LogP contribution in [0.4, 0.5) is 5.13 Å². The summed E-state index contributed by atoms with van der Waals surface area (Å²) in [6.07, 6.45) is -0.166. The number of aromatic nitrogens is 1. The van der Waals surface area contributed by atoms with E-state index in [0.29, 0.717) is 22.1 Å². The van der Waals surface area contributed by atoms with E-state index >= 15 is 0 Å². The van der Waals surface area contributed by atoms with Gasteiger partial charge in [-0.1, -0.05) is 17.4 Å². The lowest BCUT2D eigenvalue weighted by molar-refractivity contribution is -0.115. The van der Waals surface area contributed by atoms with Crippen LogP contribution in [0.3, 0.4) is 0 Å². The number of hydrogen-bond acceptors (Lipinski definition) is 7. The number of sulfone groups is 1. The van der Waals surface area contributed by atoms with Crippen LogP contribution < -0.4 is 14.8 Å². The fourth-order valence-electron chi connectivity index (χ4n) is 2.64. The Hall–Kier alpha value is -2.65. The summed E-state index contributed by atoms with van der Waals surface area (Å²) in [5.74, 6) is 0.490. The van der Waals surface area contributed by atoms with Gasteiger partial charge in [-0.2, -0.15) is 0 Å². The number of aryl methyl sites for hydroxylation is 1. The summed E-state index contributed by atoms with van der Waals surface area (Å²) in [5, 5.41) is 3.09. The van der Waals surface area contributed by atoms with E-state index in [1.54, 1.807) is 19.2 Å². The summed E-state index contributed by atoms with van der Waals surface area (Å²) >= 11 is 1.33. The SMILES string of the molecule is COc1ccc(S(=O)(=O)CCC(=O)Nc2nc3c(OC)ccc(C)c3s2)cc1. The van der Waals surface area contributed by atoms with Gasteiger partial charge in [0.25, 0.3) is 0 Å². The van der Waals surface area contributed by atoms with Crippen LogP contribution in [0.15, 0.2) is 41.3 Å². The molecule has 3 rings (SSSR count). The number of fused-ring (bicyclic) bond motifs is 1. The van der Waals surface area contributed by atoms with Gasteiger partial charge in [0.2, 0.25) is 5.91 Å². The smallest absolute Gasteiger partial charge is 0.227 e. The molecule has 0 saturated carbocycles. The van der Waals surface area contributed by atoms with Gasteiger partial charge in [0.15, 0.2) is 15.0 Å². The van der Waals surface area contributed by atoms with Crippen molar-refractivity contribution in [2.24, 2.45) is 0 Å². The molecule has 3 aromatic rings. The summed E-state index contributed by atoms with van der Waals surface area (Å²) in [5.41, 5.74) is 1.70. The summed E-state index contributed by atoms with van der Waals surface area (Å²) < 4.78 is 36.1. The summed E-state index contributed by atoms with van der Waals surface area (Å²) in [4.78, 5) is 16.8. The summed E-state index contributed by atoms with van der Waals surface area (Å²) in [7, 11) is -0.500. The van der Waals surface area contributed by atoms with Gasteiger partial charge in [-0.05, 0) is 42.8 Å². The molecular weight excluding hydrogens is 400 g/mol. The molecule has 0 saturated heterocycles. The van der Waals surface area contributed by atoms with Crippen LogP contribution in [0.5, 0.6) is 11.5 Å². The first-order valence-electron chi connectivity index (χ1n) is 8.45. The predicted octanol–water partition coefficient (Wildman–Crippen LogP) is 3.42. The zero-order chi connectivity index (χ0) is 20.3. The van der Waals surface area contributed by atoms with Crippen molar-refractivity contribution in [1.29, 1.82) is 0 Å². The zero-order valence-electron chi connectivity index (χ0n) is 15.7. The highest BCUT2D eigenvalue weighted by molar-refractivity contribution is 7.91. The number of ether oxygens (including phenoxy) is 2. The third-order valence-corrected chi connectivity index (χ3v) is 7.02. The first-order chi connectivity index (χ1) is 13.3. The van der Waals surface area contributed by atoms with Gasteiger partial charge in [-0.25, -0.2) is 13.4 Å². The van der Waals surface area contributed by atoms with Crippen molar-refractivity contribution in [2.75, 3.05) is 25.3 Å². The maximum absolute atomic E-state index is 12.4. The molecule has 0 bridgehead atoms. The normalized spacial score (nSPS) is 11.4. The molecule has 0 aliphatic rings. The lowest BCUT2D eigenvalue weighted by atomic mass is 10.2. The Labute approximate surface area is 167 Å². The molecule has 1 aromatic heterocycles. The van der Waals surface area contributed by atoms with Gasteiger partial charge < -0.3 is 14.8 Å². The van der Waals surface area contributed by atoms with Crippen molar-refractivity contribution < 1.29 is 22.7 Å². The molecule has 28 heavy (non-hydrogen) atoms. The lowest BCUT2D eigenvalue weighted by Crippen LogP contribution is -2.17. The molecule has 9 heteroatoms. The second kappa shape index (κ2) is 8.15. The van der Waals surface area contributed by atoms with Crippen LogP contribution in [0.1, 0.15) is 12.0 Å². The van der Waals surface area contributed by atoms with Crippen molar-refractivity contribution in [1.82, 2.24) is 4.98 Å². The molecule has 7 nitrogen and oxygen atoms in total. The van der Waals surface area contributed by atoms with Crippen molar-refractivity contribution in [3.63, 3.8) is 0 Å². The van der Waals surface area contributed by atoms with Gasteiger partial charge in [0.1, 0.15) is 17.0 Å². The molecule has 148 valence electrons. The molecule has 0 spiro atoms. The van der Waals surface area contributed by atoms with Crippen LogP contribution in [-0.4, -0.2) is 39.3 Å². The van der Waals surface area contributed by atoms with Crippen LogP contribution >= 0.6 is 11.3 Å². The zero-order valence-corrected chi connectivity index (χ0v) is 17.3. The van der Waals surface area contributed by atoms with E-state index < -0.39 is 15.7 Å². The number of carbonyl (C=O) groups excluding carboxylic acids is 1. The summed E-state index contributed by atoms with van der Waals surface area (Å²) in [6, 6.07) is 9.83. The first kappa shape index (κ1) is 20.1. The highest BCUT2D eigenvalue weighted by atomic mass is 32.2. The highest BCUT2D eigenvalue weighted by Crippen LogP contribution is 2.34. The monoisotopic (exact) mass is 420 g/mol. The number of methoxy groups -OCH3 is 2. The average molecular weight is 421 g/mol. The maximum atomic E-state index is 12.4. The number of nitrogens with zero attached hydrogens (tertiary/aromatic N) is 1. The van der Waals surface area contributed by atoms with E-state index in [1.165, 1.54) is 30.6 Å². The second-order valence-corrected chi connectivity index (χ2v) is 9.18. The fraction of sp³-hybridized carbons (Fsp3) is 0.263. The van der Waals surface area contributed by atoms with Gasteiger partial charge in [0, 0.05) is 6.42 Å². The minimum absolute atomic E-state index is 0.154. The van der Waals surface area contributed by atoms with Gasteiger partial charge in [0.05, 0.1) is 29.6 Å². The Kier molecular flexibility index (Phi) is 5.85.